The predicted octanol–water partition coefficient (Wildman–Crippen LogP) is 1.41. The molecule has 4 rings (SSSR count). The molecule has 2 aliphatic heterocycles. The van der Waals surface area contributed by atoms with E-state index in [1.807, 2.05) is 40.7 Å². The first-order valence-electron chi connectivity index (χ1n) is 9.16. The monoisotopic (exact) mass is 353 g/mol. The van der Waals surface area contributed by atoms with Gasteiger partial charge >= 0.3 is 0 Å². The highest BCUT2D eigenvalue weighted by Crippen LogP contribution is 2.17. The van der Waals surface area contributed by atoms with Crippen LogP contribution in [0.3, 0.4) is 0 Å². The minimum Gasteiger partial charge on any atom is -0.335 e. The third kappa shape index (κ3) is 3.21. The van der Waals surface area contributed by atoms with E-state index in [0.29, 0.717) is 25.5 Å². The van der Waals surface area contributed by atoms with Gasteiger partial charge in [0.05, 0.1) is 0 Å². The molecule has 0 atom stereocenters. The second-order valence-corrected chi connectivity index (χ2v) is 7.08. The number of aromatic nitrogens is 3. The van der Waals surface area contributed by atoms with E-state index in [9.17, 15) is 9.59 Å². The molecule has 7 nitrogen and oxygen atoms in total. The van der Waals surface area contributed by atoms with Gasteiger partial charge in [0, 0.05) is 32.6 Å². The summed E-state index contributed by atoms with van der Waals surface area (Å²) in [6, 6.07) is 8.19. The average Bonchev–Trinajstić information content (AvgIpc) is 3.08. The minimum absolute atomic E-state index is 0.0245. The Hall–Kier alpha value is -2.70. The van der Waals surface area contributed by atoms with E-state index < -0.39 is 0 Å². The molecular weight excluding hydrogens is 330 g/mol. The molecule has 0 radical (unpaired) electrons. The van der Waals surface area contributed by atoms with Crippen molar-refractivity contribution in [3.63, 3.8) is 0 Å². The van der Waals surface area contributed by atoms with Gasteiger partial charge in [0.15, 0.2) is 0 Å². The number of carbonyl (C=O) groups excluding carboxylic acids is 2. The summed E-state index contributed by atoms with van der Waals surface area (Å²) >= 11 is 0. The molecule has 26 heavy (non-hydrogen) atoms. The second kappa shape index (κ2) is 6.90. The zero-order valence-electron chi connectivity index (χ0n) is 15.0. The van der Waals surface area contributed by atoms with Crippen LogP contribution < -0.4 is 0 Å². The first-order chi connectivity index (χ1) is 12.6. The highest BCUT2D eigenvalue weighted by Gasteiger charge is 2.31. The van der Waals surface area contributed by atoms with Gasteiger partial charge in [0.1, 0.15) is 12.4 Å². The van der Waals surface area contributed by atoms with Crippen LogP contribution in [0.2, 0.25) is 0 Å². The molecule has 0 saturated carbocycles. The van der Waals surface area contributed by atoms with Gasteiger partial charge in [-0.25, -0.2) is 0 Å². The smallest absolute Gasteiger partial charge is 0.292 e. The molecule has 2 amide bonds. The fourth-order valence-corrected chi connectivity index (χ4v) is 3.57. The number of benzene rings is 1. The molecule has 0 spiro atoms. The SMILES string of the molecule is Cc1ccc(CN2CCN(C(=O)c3nnc4n3CCCC4)CC2=O)cc1. The van der Waals surface area contributed by atoms with E-state index in [-0.39, 0.29) is 18.4 Å². The van der Waals surface area contributed by atoms with Crippen LogP contribution in [0.4, 0.5) is 0 Å². The van der Waals surface area contributed by atoms with Gasteiger partial charge < -0.3 is 14.4 Å². The van der Waals surface area contributed by atoms with Crippen molar-refractivity contribution in [2.24, 2.45) is 0 Å². The number of hydrogen-bond acceptors (Lipinski definition) is 4. The minimum atomic E-state index is -0.186. The summed E-state index contributed by atoms with van der Waals surface area (Å²) in [4.78, 5) is 28.8. The van der Waals surface area contributed by atoms with Crippen LogP contribution in [0.1, 0.15) is 40.4 Å². The van der Waals surface area contributed by atoms with Crippen LogP contribution in [0.15, 0.2) is 24.3 Å². The molecular formula is C19H23N5O2. The normalized spacial score (nSPS) is 17.3. The van der Waals surface area contributed by atoms with Crippen molar-refractivity contribution in [3.8, 4) is 0 Å². The Morgan fingerprint density at radius 3 is 2.65 bits per heavy atom. The lowest BCUT2D eigenvalue weighted by Crippen LogP contribution is -2.52. The third-order valence-electron chi connectivity index (χ3n) is 5.15. The first-order valence-corrected chi connectivity index (χ1v) is 9.16. The zero-order valence-corrected chi connectivity index (χ0v) is 15.0. The number of nitrogens with zero attached hydrogens (tertiary/aromatic N) is 5. The van der Waals surface area contributed by atoms with E-state index in [0.717, 1.165) is 37.2 Å². The van der Waals surface area contributed by atoms with Crippen molar-refractivity contribution in [1.29, 1.82) is 0 Å². The topological polar surface area (TPSA) is 71.3 Å². The van der Waals surface area contributed by atoms with Gasteiger partial charge in [-0.2, -0.15) is 0 Å². The molecule has 0 aliphatic carbocycles. The van der Waals surface area contributed by atoms with Crippen LogP contribution in [0.25, 0.3) is 0 Å². The van der Waals surface area contributed by atoms with E-state index in [2.05, 4.69) is 10.2 Å². The number of piperazine rings is 1. The lowest BCUT2D eigenvalue weighted by molar-refractivity contribution is -0.135. The summed E-state index contributed by atoms with van der Waals surface area (Å²) in [5.41, 5.74) is 2.31. The van der Waals surface area contributed by atoms with Crippen LogP contribution in [-0.2, 0) is 24.3 Å². The molecule has 0 unspecified atom stereocenters. The maximum absolute atomic E-state index is 12.8. The van der Waals surface area contributed by atoms with Crippen molar-refractivity contribution >= 4 is 11.8 Å². The number of fused-ring (bicyclic) bond motifs is 1. The fraction of sp³-hybridized carbons (Fsp3) is 0.474. The second-order valence-electron chi connectivity index (χ2n) is 7.08. The van der Waals surface area contributed by atoms with Crippen molar-refractivity contribution < 1.29 is 9.59 Å². The molecule has 1 aromatic carbocycles. The summed E-state index contributed by atoms with van der Waals surface area (Å²) in [5, 5.41) is 8.23. The van der Waals surface area contributed by atoms with Crippen molar-refractivity contribution in [1.82, 2.24) is 24.6 Å². The van der Waals surface area contributed by atoms with Gasteiger partial charge in [-0.15, -0.1) is 10.2 Å². The average molecular weight is 353 g/mol. The molecule has 7 heteroatoms. The number of amides is 2. The number of rotatable bonds is 3. The third-order valence-corrected chi connectivity index (χ3v) is 5.15. The molecule has 2 aromatic rings. The van der Waals surface area contributed by atoms with Gasteiger partial charge in [-0.3, -0.25) is 9.59 Å². The van der Waals surface area contributed by atoms with Crippen LogP contribution in [0.5, 0.6) is 0 Å². The van der Waals surface area contributed by atoms with Crippen LogP contribution in [0, 0.1) is 6.92 Å². The Labute approximate surface area is 152 Å². The van der Waals surface area contributed by atoms with Crippen LogP contribution >= 0.6 is 0 Å². The van der Waals surface area contributed by atoms with Crippen molar-refractivity contribution in [3.05, 3.63) is 47.0 Å². The lowest BCUT2D eigenvalue weighted by atomic mass is 10.1. The van der Waals surface area contributed by atoms with Gasteiger partial charge in [0.2, 0.25) is 11.7 Å². The largest absolute Gasteiger partial charge is 0.335 e. The van der Waals surface area contributed by atoms with Crippen molar-refractivity contribution in [2.75, 3.05) is 19.6 Å². The highest BCUT2D eigenvalue weighted by atomic mass is 16.2. The Balaban J connectivity index is 1.42. The molecule has 0 bridgehead atoms. The summed E-state index contributed by atoms with van der Waals surface area (Å²) in [6.07, 6.45) is 2.99. The van der Waals surface area contributed by atoms with Gasteiger partial charge in [0.25, 0.3) is 5.91 Å². The van der Waals surface area contributed by atoms with Gasteiger partial charge in [-0.1, -0.05) is 29.8 Å². The maximum atomic E-state index is 12.8. The van der Waals surface area contributed by atoms with Crippen molar-refractivity contribution in [2.45, 2.75) is 39.3 Å². The molecule has 3 heterocycles. The van der Waals surface area contributed by atoms with E-state index in [4.69, 9.17) is 0 Å². The Morgan fingerprint density at radius 2 is 1.88 bits per heavy atom. The number of carbonyl (C=O) groups is 2. The lowest BCUT2D eigenvalue weighted by Gasteiger charge is -2.34. The molecule has 0 N–H and O–H groups in total. The number of hydrogen-bond donors (Lipinski definition) is 0. The maximum Gasteiger partial charge on any atom is 0.292 e. The van der Waals surface area contributed by atoms with Gasteiger partial charge in [-0.05, 0) is 25.3 Å². The molecule has 1 saturated heterocycles. The zero-order chi connectivity index (χ0) is 18.1. The summed E-state index contributed by atoms with van der Waals surface area (Å²) in [5.74, 6) is 1.04. The first kappa shape index (κ1) is 16.8. The van der Waals surface area contributed by atoms with Crippen LogP contribution in [-0.4, -0.2) is 56.0 Å². The quantitative estimate of drug-likeness (QED) is 0.836. The number of aryl methyl sites for hydroxylation is 2. The molecule has 1 fully saturated rings. The Morgan fingerprint density at radius 1 is 1.08 bits per heavy atom. The Kier molecular flexibility index (Phi) is 4.44. The van der Waals surface area contributed by atoms with E-state index >= 15 is 0 Å². The standard InChI is InChI=1S/C19H23N5O2/c1-14-5-7-15(8-6-14)12-22-10-11-23(13-17(22)25)19(26)18-21-20-16-4-2-3-9-24(16)18/h5-8H,2-4,9-13H2,1H3. The molecule has 136 valence electrons. The fourth-order valence-electron chi connectivity index (χ4n) is 3.57. The Bertz CT molecular complexity index is 827. The molecule has 1 aromatic heterocycles. The summed E-state index contributed by atoms with van der Waals surface area (Å²) in [7, 11) is 0. The summed E-state index contributed by atoms with van der Waals surface area (Å²) < 4.78 is 1.91. The van der Waals surface area contributed by atoms with E-state index in [1.54, 1.807) is 4.90 Å². The highest BCUT2D eigenvalue weighted by molar-refractivity contribution is 5.94. The predicted molar refractivity (Wildman–Crippen MR) is 95.5 cm³/mol. The molecule has 2 aliphatic rings. The van der Waals surface area contributed by atoms with E-state index in [1.165, 1.54) is 5.56 Å². The summed E-state index contributed by atoms with van der Waals surface area (Å²) in [6.45, 7) is 4.58.